The topological polar surface area (TPSA) is 36.9 Å². The standard InChI is InChI=1S/C32H46O4/c1-2-7-23(8-3-1)9-4-5-16-33-30-13-11-26(12-14-30)27-10-6-15-31(22-27)34-32(36-35-31)28-18-24-17-25(20-28)21-29(32)19-24/h11-14,23-25,27-29H,1-10,15-22H2/t24?,25?,27?,28?,29?,31-,32?/m1/s1. The molecule has 1 aromatic carbocycles. The fourth-order valence-corrected chi connectivity index (χ4v) is 9.30. The molecule has 8 rings (SSSR count). The van der Waals surface area contributed by atoms with Crippen LogP contribution in [0.2, 0.25) is 0 Å². The van der Waals surface area contributed by atoms with Crippen molar-refractivity contribution in [3.8, 4) is 5.75 Å². The lowest BCUT2D eigenvalue weighted by atomic mass is 9.53. The number of unbranched alkanes of at least 4 members (excludes halogenated alkanes) is 1. The SMILES string of the molecule is c1cc(C2CCC[C@]3(C2)OOC2(O3)C3CC4CC(C3)CC2C4)ccc1OCCCCC1CCCCC1. The Labute approximate surface area is 217 Å². The van der Waals surface area contributed by atoms with Crippen molar-refractivity contribution in [2.24, 2.45) is 29.6 Å². The smallest absolute Gasteiger partial charge is 0.210 e. The average Bonchev–Trinajstić information content (AvgIpc) is 3.27. The highest BCUT2D eigenvalue weighted by Gasteiger charge is 2.67. The van der Waals surface area contributed by atoms with Crippen LogP contribution in [0.4, 0.5) is 0 Å². The summed E-state index contributed by atoms with van der Waals surface area (Å²) in [5.41, 5.74) is 1.39. The van der Waals surface area contributed by atoms with E-state index in [1.807, 2.05) is 0 Å². The Morgan fingerprint density at radius 1 is 0.778 bits per heavy atom. The number of benzene rings is 1. The van der Waals surface area contributed by atoms with Gasteiger partial charge in [0.2, 0.25) is 11.6 Å². The normalized spacial score (nSPS) is 41.9. The van der Waals surface area contributed by atoms with E-state index in [-0.39, 0.29) is 0 Å². The summed E-state index contributed by atoms with van der Waals surface area (Å²) in [7, 11) is 0. The zero-order valence-electron chi connectivity index (χ0n) is 22.1. The molecular weight excluding hydrogens is 448 g/mol. The van der Waals surface area contributed by atoms with Gasteiger partial charge in [-0.25, -0.2) is 0 Å². The summed E-state index contributed by atoms with van der Waals surface area (Å²) < 4.78 is 13.1. The Kier molecular flexibility index (Phi) is 6.59. The van der Waals surface area contributed by atoms with Crippen LogP contribution < -0.4 is 4.74 Å². The summed E-state index contributed by atoms with van der Waals surface area (Å²) in [4.78, 5) is 12.5. The molecule has 1 heterocycles. The van der Waals surface area contributed by atoms with Gasteiger partial charge in [0.1, 0.15) is 5.75 Å². The third-order valence-corrected chi connectivity index (χ3v) is 11.0. The summed E-state index contributed by atoms with van der Waals surface area (Å²) in [5, 5.41) is 0. The van der Waals surface area contributed by atoms with Gasteiger partial charge < -0.3 is 9.47 Å². The van der Waals surface area contributed by atoms with E-state index < -0.39 is 11.6 Å². The molecular formula is C32H46O4. The molecule has 1 aliphatic heterocycles. The molecule has 1 aromatic rings. The van der Waals surface area contributed by atoms with Crippen LogP contribution >= 0.6 is 0 Å². The maximum absolute atomic E-state index is 6.98. The minimum absolute atomic E-state index is 0.454. The van der Waals surface area contributed by atoms with E-state index in [0.717, 1.165) is 49.4 Å². The van der Waals surface area contributed by atoms with Crippen LogP contribution in [0.5, 0.6) is 5.75 Å². The minimum Gasteiger partial charge on any atom is -0.494 e. The Bertz CT molecular complexity index is 862. The summed E-state index contributed by atoms with van der Waals surface area (Å²) in [5.74, 6) is 4.31. The van der Waals surface area contributed by atoms with Crippen LogP contribution in [-0.2, 0) is 14.5 Å². The van der Waals surface area contributed by atoms with Crippen LogP contribution in [0.3, 0.4) is 0 Å². The second-order valence-corrected chi connectivity index (χ2v) is 13.4. The van der Waals surface area contributed by atoms with Gasteiger partial charge in [-0.2, -0.15) is 9.78 Å². The lowest BCUT2D eigenvalue weighted by Crippen LogP contribution is -2.59. The predicted octanol–water partition coefficient (Wildman–Crippen LogP) is 8.30. The molecule has 0 N–H and O–H groups in total. The lowest BCUT2D eigenvalue weighted by molar-refractivity contribution is -0.390. The highest BCUT2D eigenvalue weighted by atomic mass is 17.3. The van der Waals surface area contributed by atoms with Crippen LogP contribution in [0, 0.1) is 29.6 Å². The van der Waals surface area contributed by atoms with Gasteiger partial charge in [0, 0.05) is 24.7 Å². The highest BCUT2D eigenvalue weighted by molar-refractivity contribution is 5.30. The Morgan fingerprint density at radius 2 is 1.53 bits per heavy atom. The van der Waals surface area contributed by atoms with Crippen LogP contribution in [0.1, 0.15) is 121 Å². The molecule has 6 aliphatic carbocycles. The number of hydrogen-bond donors (Lipinski definition) is 0. The minimum atomic E-state index is -0.550. The highest BCUT2D eigenvalue weighted by Crippen LogP contribution is 2.64. The van der Waals surface area contributed by atoms with Crippen molar-refractivity contribution in [2.75, 3.05) is 6.61 Å². The van der Waals surface area contributed by atoms with Crippen molar-refractivity contribution in [2.45, 2.75) is 127 Å². The van der Waals surface area contributed by atoms with Crippen LogP contribution in [0.25, 0.3) is 0 Å². The molecule has 1 unspecified atom stereocenters. The Hall–Kier alpha value is -1.10. The summed E-state index contributed by atoms with van der Waals surface area (Å²) >= 11 is 0. The molecule has 0 aromatic heterocycles. The van der Waals surface area contributed by atoms with Gasteiger partial charge in [-0.05, 0) is 99.2 Å². The third-order valence-electron chi connectivity index (χ3n) is 11.0. The molecule has 36 heavy (non-hydrogen) atoms. The van der Waals surface area contributed by atoms with Gasteiger partial charge in [-0.3, -0.25) is 0 Å². The number of ether oxygens (including phenoxy) is 2. The van der Waals surface area contributed by atoms with E-state index in [0.29, 0.717) is 17.8 Å². The molecule has 0 amide bonds. The second-order valence-electron chi connectivity index (χ2n) is 13.4. The van der Waals surface area contributed by atoms with Crippen LogP contribution in [0.15, 0.2) is 24.3 Å². The van der Waals surface area contributed by atoms with E-state index in [9.17, 15) is 0 Å². The van der Waals surface area contributed by atoms with Crippen molar-refractivity contribution in [3.63, 3.8) is 0 Å². The van der Waals surface area contributed by atoms with E-state index >= 15 is 0 Å². The molecule has 1 saturated heterocycles. The number of hydrogen-bond acceptors (Lipinski definition) is 4. The summed E-state index contributed by atoms with van der Waals surface area (Å²) in [6, 6.07) is 8.89. The molecule has 4 bridgehead atoms. The first kappa shape index (κ1) is 24.0. The van der Waals surface area contributed by atoms with Crippen molar-refractivity contribution in [3.05, 3.63) is 29.8 Å². The largest absolute Gasteiger partial charge is 0.494 e. The van der Waals surface area contributed by atoms with Crippen molar-refractivity contribution < 1.29 is 19.2 Å². The third kappa shape index (κ3) is 4.54. The molecule has 0 radical (unpaired) electrons. The maximum atomic E-state index is 6.98. The molecule has 7 fully saturated rings. The van der Waals surface area contributed by atoms with Crippen molar-refractivity contribution in [1.82, 2.24) is 0 Å². The van der Waals surface area contributed by atoms with E-state index in [1.165, 1.54) is 95.5 Å². The molecule has 6 saturated carbocycles. The van der Waals surface area contributed by atoms with Gasteiger partial charge >= 0.3 is 0 Å². The van der Waals surface area contributed by atoms with Crippen molar-refractivity contribution >= 4 is 0 Å². The van der Waals surface area contributed by atoms with E-state index in [4.69, 9.17) is 19.2 Å². The molecule has 4 heteroatoms. The van der Waals surface area contributed by atoms with E-state index in [1.54, 1.807) is 0 Å². The lowest BCUT2D eigenvalue weighted by Gasteiger charge is -2.57. The van der Waals surface area contributed by atoms with Crippen molar-refractivity contribution in [1.29, 1.82) is 0 Å². The fraction of sp³-hybridized carbons (Fsp3) is 0.812. The van der Waals surface area contributed by atoms with E-state index in [2.05, 4.69) is 24.3 Å². The fourth-order valence-electron chi connectivity index (χ4n) is 9.30. The zero-order chi connectivity index (χ0) is 24.0. The van der Waals surface area contributed by atoms with Crippen LogP contribution in [-0.4, -0.2) is 18.2 Å². The first-order valence-electron chi connectivity index (χ1n) is 15.5. The Morgan fingerprint density at radius 3 is 2.28 bits per heavy atom. The molecule has 4 nitrogen and oxygen atoms in total. The monoisotopic (exact) mass is 494 g/mol. The molecule has 2 spiro atoms. The maximum Gasteiger partial charge on any atom is 0.210 e. The number of rotatable bonds is 7. The summed E-state index contributed by atoms with van der Waals surface area (Å²) in [6.07, 6.45) is 21.9. The molecule has 2 atom stereocenters. The van der Waals surface area contributed by atoms with Gasteiger partial charge in [-0.1, -0.05) is 50.7 Å². The zero-order valence-corrected chi connectivity index (χ0v) is 22.1. The summed E-state index contributed by atoms with van der Waals surface area (Å²) in [6.45, 7) is 0.837. The quantitative estimate of drug-likeness (QED) is 0.282. The molecule has 198 valence electrons. The van der Waals surface area contributed by atoms with Gasteiger partial charge in [0.25, 0.3) is 0 Å². The first-order chi connectivity index (χ1) is 17.7. The second kappa shape index (κ2) is 9.89. The first-order valence-corrected chi connectivity index (χ1v) is 15.5. The predicted molar refractivity (Wildman–Crippen MR) is 139 cm³/mol. The van der Waals surface area contributed by atoms with Gasteiger partial charge in [0.05, 0.1) is 6.61 Å². The molecule has 7 aliphatic rings. The Balaban J connectivity index is 0.922. The van der Waals surface area contributed by atoms with Gasteiger partial charge in [0.15, 0.2) is 0 Å². The van der Waals surface area contributed by atoms with Gasteiger partial charge in [-0.15, -0.1) is 0 Å². The average molecular weight is 495 g/mol.